The Morgan fingerprint density at radius 3 is 2.66 bits per heavy atom. The predicted molar refractivity (Wildman–Crippen MR) is 103 cm³/mol. The highest BCUT2D eigenvalue weighted by Crippen LogP contribution is 2.27. The maximum Gasteiger partial charge on any atom is 0.405 e. The van der Waals surface area contributed by atoms with Crippen molar-refractivity contribution in [3.8, 4) is 11.5 Å². The summed E-state index contributed by atoms with van der Waals surface area (Å²) in [5, 5.41) is 7.70. The fourth-order valence-electron chi connectivity index (χ4n) is 2.71. The number of fused-ring (bicyclic) bond motifs is 1. The molecule has 0 spiro atoms. The quantitative estimate of drug-likeness (QED) is 0.549. The second-order valence-electron chi connectivity index (χ2n) is 6.87. The molecule has 0 saturated heterocycles. The van der Waals surface area contributed by atoms with Crippen LogP contribution in [0.4, 0.5) is 18.0 Å². The van der Waals surface area contributed by atoms with Gasteiger partial charge in [-0.25, -0.2) is 19.3 Å². The zero-order chi connectivity index (χ0) is 23.5. The lowest BCUT2D eigenvalue weighted by Gasteiger charge is -2.10. The number of hydrogen-bond acceptors (Lipinski definition) is 7. The summed E-state index contributed by atoms with van der Waals surface area (Å²) >= 11 is 0. The van der Waals surface area contributed by atoms with Gasteiger partial charge in [0, 0.05) is 6.04 Å². The Morgan fingerprint density at radius 1 is 1.28 bits per heavy atom. The molecule has 0 atom stereocenters. The SMILES string of the molecule is CC(C)n1ncc2c(C(=O)OCC(=O)NC(=O)NCC(F)(F)F)cc(-c3ccco3)nc21. The number of carbonyl (C=O) groups is 3. The number of carbonyl (C=O) groups excluding carboxylic acids is 3. The van der Waals surface area contributed by atoms with Gasteiger partial charge in [0.2, 0.25) is 0 Å². The molecule has 13 heteroatoms. The molecule has 0 aliphatic heterocycles. The Morgan fingerprint density at radius 2 is 2.03 bits per heavy atom. The molecule has 3 heterocycles. The van der Waals surface area contributed by atoms with E-state index < -0.39 is 37.2 Å². The number of amides is 3. The summed E-state index contributed by atoms with van der Waals surface area (Å²) in [6.07, 6.45) is -1.77. The first-order valence-corrected chi connectivity index (χ1v) is 9.29. The second-order valence-corrected chi connectivity index (χ2v) is 6.87. The van der Waals surface area contributed by atoms with Crippen LogP contribution in [-0.2, 0) is 9.53 Å². The Balaban J connectivity index is 1.76. The number of urea groups is 1. The number of esters is 1. The molecule has 0 bridgehead atoms. The second kappa shape index (κ2) is 9.08. The van der Waals surface area contributed by atoms with Gasteiger partial charge in [-0.3, -0.25) is 10.1 Å². The first kappa shape index (κ1) is 22.8. The number of imide groups is 1. The first-order chi connectivity index (χ1) is 15.0. The highest BCUT2D eigenvalue weighted by molar-refractivity contribution is 6.04. The molecule has 0 aliphatic carbocycles. The van der Waals surface area contributed by atoms with Crippen LogP contribution in [0.5, 0.6) is 0 Å². The predicted octanol–water partition coefficient (Wildman–Crippen LogP) is 2.82. The number of halogens is 3. The summed E-state index contributed by atoms with van der Waals surface area (Å²) < 4.78 is 48.1. The average molecular weight is 453 g/mol. The van der Waals surface area contributed by atoms with Crippen molar-refractivity contribution in [1.29, 1.82) is 0 Å². The molecule has 0 aromatic carbocycles. The van der Waals surface area contributed by atoms with Crippen molar-refractivity contribution in [2.24, 2.45) is 0 Å². The Labute approximate surface area is 178 Å². The molecule has 3 amide bonds. The normalized spacial score (nSPS) is 11.6. The maximum absolute atomic E-state index is 12.7. The smallest absolute Gasteiger partial charge is 0.405 e. The molecule has 0 unspecified atom stereocenters. The van der Waals surface area contributed by atoms with Crippen LogP contribution in [0.15, 0.2) is 35.1 Å². The van der Waals surface area contributed by atoms with Crippen LogP contribution in [-0.4, -0.2) is 52.0 Å². The molecular weight excluding hydrogens is 435 g/mol. The van der Waals surface area contributed by atoms with Crippen molar-refractivity contribution >= 4 is 28.9 Å². The fourth-order valence-corrected chi connectivity index (χ4v) is 2.71. The minimum atomic E-state index is -4.63. The van der Waals surface area contributed by atoms with E-state index in [9.17, 15) is 27.6 Å². The van der Waals surface area contributed by atoms with E-state index in [0.29, 0.717) is 22.5 Å². The molecule has 10 nitrogen and oxygen atoms in total. The minimum absolute atomic E-state index is 0.0441. The first-order valence-electron chi connectivity index (χ1n) is 9.29. The van der Waals surface area contributed by atoms with E-state index in [2.05, 4.69) is 10.1 Å². The van der Waals surface area contributed by atoms with E-state index in [1.165, 1.54) is 23.8 Å². The lowest BCUT2D eigenvalue weighted by atomic mass is 10.1. The molecule has 0 radical (unpaired) electrons. The highest BCUT2D eigenvalue weighted by atomic mass is 19.4. The van der Waals surface area contributed by atoms with E-state index in [4.69, 9.17) is 9.15 Å². The molecule has 0 saturated carbocycles. The van der Waals surface area contributed by atoms with Gasteiger partial charge in [0.1, 0.15) is 12.2 Å². The van der Waals surface area contributed by atoms with E-state index in [1.807, 2.05) is 13.8 Å². The number of nitrogens with one attached hydrogen (secondary N) is 2. The van der Waals surface area contributed by atoms with E-state index >= 15 is 0 Å². The van der Waals surface area contributed by atoms with Crippen molar-refractivity contribution in [2.75, 3.05) is 13.2 Å². The Hall–Kier alpha value is -3.90. The number of rotatable bonds is 6. The molecule has 0 fully saturated rings. The molecular formula is C19H18F3N5O5. The summed E-state index contributed by atoms with van der Waals surface area (Å²) in [6.45, 7) is 1.24. The third-order valence-electron chi connectivity index (χ3n) is 4.09. The van der Waals surface area contributed by atoms with Gasteiger partial charge in [-0.15, -0.1) is 0 Å². The van der Waals surface area contributed by atoms with Crippen molar-refractivity contribution < 1.29 is 36.7 Å². The van der Waals surface area contributed by atoms with Crippen LogP contribution in [0.25, 0.3) is 22.5 Å². The van der Waals surface area contributed by atoms with Gasteiger partial charge in [0.05, 0.1) is 23.4 Å². The van der Waals surface area contributed by atoms with Gasteiger partial charge < -0.3 is 14.5 Å². The summed E-state index contributed by atoms with van der Waals surface area (Å²) in [4.78, 5) is 40.2. The number of nitrogens with zero attached hydrogens (tertiary/aromatic N) is 3. The lowest BCUT2D eigenvalue weighted by molar-refractivity contribution is -0.125. The van der Waals surface area contributed by atoms with Crippen LogP contribution in [0.1, 0.15) is 30.2 Å². The van der Waals surface area contributed by atoms with E-state index in [-0.39, 0.29) is 11.6 Å². The third-order valence-corrected chi connectivity index (χ3v) is 4.09. The Bertz CT molecular complexity index is 1140. The topological polar surface area (TPSA) is 128 Å². The van der Waals surface area contributed by atoms with Crippen LogP contribution >= 0.6 is 0 Å². The Kier molecular flexibility index (Phi) is 6.46. The lowest BCUT2D eigenvalue weighted by Crippen LogP contribution is -2.44. The van der Waals surface area contributed by atoms with Crippen LogP contribution < -0.4 is 10.6 Å². The van der Waals surface area contributed by atoms with Gasteiger partial charge in [-0.05, 0) is 32.0 Å². The number of furan rings is 1. The summed E-state index contributed by atoms with van der Waals surface area (Å²) in [5.41, 5.74) is 0.757. The highest BCUT2D eigenvalue weighted by Gasteiger charge is 2.28. The molecule has 0 aliphatic rings. The molecule has 32 heavy (non-hydrogen) atoms. The number of hydrogen-bond donors (Lipinski definition) is 2. The molecule has 2 N–H and O–H groups in total. The van der Waals surface area contributed by atoms with E-state index in [0.717, 1.165) is 0 Å². The number of ether oxygens (including phenoxy) is 1. The molecule has 170 valence electrons. The number of aromatic nitrogens is 3. The number of pyridine rings is 1. The fraction of sp³-hybridized carbons (Fsp3) is 0.316. The van der Waals surface area contributed by atoms with Crippen LogP contribution in [0.3, 0.4) is 0 Å². The summed E-state index contributed by atoms with van der Waals surface area (Å²) in [6, 6.07) is 3.26. The largest absolute Gasteiger partial charge is 0.463 e. The summed E-state index contributed by atoms with van der Waals surface area (Å²) in [5.74, 6) is -1.64. The minimum Gasteiger partial charge on any atom is -0.463 e. The van der Waals surface area contributed by atoms with Crippen molar-refractivity contribution in [3.63, 3.8) is 0 Å². The van der Waals surface area contributed by atoms with Gasteiger partial charge in [0.15, 0.2) is 18.0 Å². The summed E-state index contributed by atoms with van der Waals surface area (Å²) in [7, 11) is 0. The number of alkyl halides is 3. The molecule has 3 aromatic heterocycles. The van der Waals surface area contributed by atoms with Crippen LogP contribution in [0.2, 0.25) is 0 Å². The monoisotopic (exact) mass is 453 g/mol. The third kappa shape index (κ3) is 5.42. The maximum atomic E-state index is 12.7. The standard InChI is InChI=1S/C19H18F3N5O5/c1-10(2)27-16-12(7-24-27)11(6-13(25-16)14-4-3-5-31-14)17(29)32-8-15(28)26-18(30)23-9-19(20,21)22/h3-7,10H,8-9H2,1-2H3,(H2,23,26,28,30). The molecule has 3 aromatic rings. The molecule has 3 rings (SSSR count). The van der Waals surface area contributed by atoms with Crippen molar-refractivity contribution in [3.05, 3.63) is 36.2 Å². The van der Waals surface area contributed by atoms with Crippen LogP contribution in [0, 0.1) is 0 Å². The van der Waals surface area contributed by atoms with Gasteiger partial charge >= 0.3 is 18.2 Å². The van der Waals surface area contributed by atoms with Gasteiger partial charge in [-0.2, -0.15) is 18.3 Å². The van der Waals surface area contributed by atoms with Crippen molar-refractivity contribution in [2.45, 2.75) is 26.1 Å². The zero-order valence-electron chi connectivity index (χ0n) is 16.9. The van der Waals surface area contributed by atoms with E-state index in [1.54, 1.807) is 22.1 Å². The van der Waals surface area contributed by atoms with Gasteiger partial charge in [-0.1, -0.05) is 0 Å². The average Bonchev–Trinajstić information content (AvgIpc) is 3.39. The van der Waals surface area contributed by atoms with Crippen molar-refractivity contribution in [1.82, 2.24) is 25.4 Å². The van der Waals surface area contributed by atoms with Gasteiger partial charge in [0.25, 0.3) is 5.91 Å². The zero-order valence-corrected chi connectivity index (χ0v) is 16.9.